The van der Waals surface area contributed by atoms with Gasteiger partial charge in [0, 0.05) is 24.8 Å². The number of nitrogens with zero attached hydrogens (tertiary/aromatic N) is 2. The summed E-state index contributed by atoms with van der Waals surface area (Å²) in [7, 11) is 1.62. The molecule has 0 aliphatic carbocycles. The number of rotatable bonds is 7. The number of hydrogen-bond donors (Lipinski definition) is 0. The van der Waals surface area contributed by atoms with Crippen molar-refractivity contribution in [3.63, 3.8) is 0 Å². The Hall–Kier alpha value is -2.71. The summed E-state index contributed by atoms with van der Waals surface area (Å²) >= 11 is 7.26. The zero-order valence-electron chi connectivity index (χ0n) is 15.7. The molecule has 1 aromatic heterocycles. The number of carbonyl (C=O) groups excluding carboxylic acids is 4. The van der Waals surface area contributed by atoms with Crippen LogP contribution in [0.1, 0.15) is 33.6 Å². The third kappa shape index (κ3) is 5.42. The summed E-state index contributed by atoms with van der Waals surface area (Å²) in [5.41, 5.74) is 1.02. The number of benzene rings is 1. The van der Waals surface area contributed by atoms with E-state index in [0.717, 1.165) is 10.4 Å². The second kappa shape index (κ2) is 9.19. The molecule has 9 heteroatoms. The maximum absolute atomic E-state index is 12.2. The molecule has 1 saturated heterocycles. The Morgan fingerprint density at radius 1 is 1.10 bits per heavy atom. The number of thiophene rings is 1. The van der Waals surface area contributed by atoms with Crippen LogP contribution in [0, 0.1) is 0 Å². The molecule has 0 N–H and O–H groups in total. The zero-order valence-corrected chi connectivity index (χ0v) is 17.3. The lowest BCUT2D eigenvalue weighted by molar-refractivity contribution is -0.139. The van der Waals surface area contributed by atoms with Crippen molar-refractivity contribution in [2.45, 2.75) is 25.9 Å². The monoisotopic (exact) mass is 434 g/mol. The maximum atomic E-state index is 12.2. The lowest BCUT2D eigenvalue weighted by atomic mass is 10.1. The van der Waals surface area contributed by atoms with Gasteiger partial charge >= 0.3 is 5.97 Å². The standard InChI is InChI=1S/C20H19ClN2O5S/c1-22(11-15-6-7-16(21)29-15)19(26)12-28-20(27)14-4-2-13(3-5-14)10-23-17(24)8-9-18(23)25/h2-7H,8-12H2,1H3. The van der Waals surface area contributed by atoms with Crippen molar-refractivity contribution in [2.24, 2.45) is 0 Å². The van der Waals surface area contributed by atoms with Crippen molar-refractivity contribution in [1.29, 1.82) is 0 Å². The van der Waals surface area contributed by atoms with Crippen LogP contribution in [0.15, 0.2) is 36.4 Å². The fraction of sp³-hybridized carbons (Fsp3) is 0.300. The highest BCUT2D eigenvalue weighted by molar-refractivity contribution is 7.16. The third-order valence-electron chi connectivity index (χ3n) is 4.46. The molecule has 1 aliphatic heterocycles. The van der Waals surface area contributed by atoms with Gasteiger partial charge in [-0.15, -0.1) is 11.3 Å². The van der Waals surface area contributed by atoms with E-state index in [1.165, 1.54) is 21.1 Å². The van der Waals surface area contributed by atoms with E-state index in [1.54, 1.807) is 37.4 Å². The lowest BCUT2D eigenvalue weighted by Gasteiger charge is -2.16. The van der Waals surface area contributed by atoms with Gasteiger partial charge in [0.15, 0.2) is 6.61 Å². The van der Waals surface area contributed by atoms with Crippen LogP contribution in [0.25, 0.3) is 0 Å². The number of likely N-dealkylation sites (tertiary alicyclic amines) is 1. The molecule has 1 fully saturated rings. The minimum absolute atomic E-state index is 0.184. The van der Waals surface area contributed by atoms with Crippen LogP contribution in [-0.4, -0.2) is 47.1 Å². The number of likely N-dealkylation sites (N-methyl/N-ethyl adjacent to an activating group) is 1. The van der Waals surface area contributed by atoms with Crippen molar-refractivity contribution in [3.8, 4) is 0 Å². The summed E-state index contributed by atoms with van der Waals surface area (Å²) in [5, 5.41) is 0. The van der Waals surface area contributed by atoms with Gasteiger partial charge in [-0.2, -0.15) is 0 Å². The van der Waals surface area contributed by atoms with Crippen LogP contribution in [0.2, 0.25) is 4.34 Å². The first-order valence-corrected chi connectivity index (χ1v) is 10.1. The minimum atomic E-state index is -0.620. The number of ether oxygens (including phenoxy) is 1. The first-order chi connectivity index (χ1) is 13.8. The largest absolute Gasteiger partial charge is 0.452 e. The molecule has 0 unspecified atom stereocenters. The molecule has 2 aromatic rings. The SMILES string of the molecule is CN(Cc1ccc(Cl)s1)C(=O)COC(=O)c1ccc(CN2C(=O)CCC2=O)cc1. The molecule has 1 aromatic carbocycles. The molecule has 3 amide bonds. The van der Waals surface area contributed by atoms with Gasteiger partial charge in [0.2, 0.25) is 11.8 Å². The van der Waals surface area contributed by atoms with E-state index in [9.17, 15) is 19.2 Å². The highest BCUT2D eigenvalue weighted by Crippen LogP contribution is 2.22. The molecule has 29 heavy (non-hydrogen) atoms. The van der Waals surface area contributed by atoms with Crippen LogP contribution in [0.4, 0.5) is 0 Å². The van der Waals surface area contributed by atoms with Crippen molar-refractivity contribution < 1.29 is 23.9 Å². The van der Waals surface area contributed by atoms with E-state index in [-0.39, 0.29) is 49.3 Å². The van der Waals surface area contributed by atoms with E-state index in [1.807, 2.05) is 6.07 Å². The first kappa shape index (κ1) is 21.0. The van der Waals surface area contributed by atoms with Gasteiger partial charge < -0.3 is 9.64 Å². The zero-order chi connectivity index (χ0) is 21.0. The van der Waals surface area contributed by atoms with Crippen LogP contribution in [0.5, 0.6) is 0 Å². The van der Waals surface area contributed by atoms with Crippen LogP contribution < -0.4 is 0 Å². The molecule has 0 bridgehead atoms. The average molecular weight is 435 g/mol. The molecule has 1 aliphatic rings. The Labute approximate surface area is 176 Å². The van der Waals surface area contributed by atoms with Gasteiger partial charge in [0.25, 0.3) is 5.91 Å². The molecule has 7 nitrogen and oxygen atoms in total. The van der Waals surface area contributed by atoms with Gasteiger partial charge in [-0.25, -0.2) is 4.79 Å². The smallest absolute Gasteiger partial charge is 0.338 e. The molecule has 2 heterocycles. The highest BCUT2D eigenvalue weighted by Gasteiger charge is 2.28. The van der Waals surface area contributed by atoms with Crippen LogP contribution in [0.3, 0.4) is 0 Å². The molecule has 152 valence electrons. The molecule has 0 saturated carbocycles. The molecular weight excluding hydrogens is 416 g/mol. The van der Waals surface area contributed by atoms with E-state index >= 15 is 0 Å². The minimum Gasteiger partial charge on any atom is -0.452 e. The van der Waals surface area contributed by atoms with E-state index in [4.69, 9.17) is 16.3 Å². The Bertz CT molecular complexity index is 925. The number of carbonyl (C=O) groups is 4. The Kier molecular flexibility index (Phi) is 6.66. The van der Waals surface area contributed by atoms with Crippen LogP contribution in [-0.2, 0) is 32.2 Å². The summed E-state index contributed by atoms with van der Waals surface area (Å²) in [4.78, 5) is 51.3. The molecule has 0 atom stereocenters. The second-order valence-electron chi connectivity index (χ2n) is 6.60. The fourth-order valence-electron chi connectivity index (χ4n) is 2.81. The van der Waals surface area contributed by atoms with Gasteiger partial charge in [-0.05, 0) is 29.8 Å². The summed E-state index contributed by atoms with van der Waals surface area (Å²) in [6, 6.07) is 10.0. The van der Waals surface area contributed by atoms with Crippen molar-refractivity contribution in [2.75, 3.05) is 13.7 Å². The van der Waals surface area contributed by atoms with Gasteiger partial charge in [-0.1, -0.05) is 23.7 Å². The molecule has 0 radical (unpaired) electrons. The molecule has 3 rings (SSSR count). The Morgan fingerprint density at radius 3 is 2.34 bits per heavy atom. The summed E-state index contributed by atoms with van der Waals surface area (Å²) < 4.78 is 5.74. The highest BCUT2D eigenvalue weighted by atomic mass is 35.5. The van der Waals surface area contributed by atoms with Gasteiger partial charge in [0.1, 0.15) is 0 Å². The normalized spacial score (nSPS) is 13.7. The number of imide groups is 1. The number of hydrogen-bond acceptors (Lipinski definition) is 6. The topological polar surface area (TPSA) is 84.0 Å². The van der Waals surface area contributed by atoms with E-state index in [2.05, 4.69) is 0 Å². The average Bonchev–Trinajstić information content (AvgIpc) is 3.25. The predicted octanol–water partition coefficient (Wildman–Crippen LogP) is 2.87. The van der Waals surface area contributed by atoms with Crippen molar-refractivity contribution in [1.82, 2.24) is 9.80 Å². The molecule has 0 spiro atoms. The van der Waals surface area contributed by atoms with Crippen LogP contribution >= 0.6 is 22.9 Å². The van der Waals surface area contributed by atoms with E-state index < -0.39 is 5.97 Å². The van der Waals surface area contributed by atoms with Crippen molar-refractivity contribution in [3.05, 3.63) is 56.7 Å². The summed E-state index contributed by atoms with van der Waals surface area (Å²) in [6.45, 7) is 0.201. The second-order valence-corrected chi connectivity index (χ2v) is 8.40. The third-order valence-corrected chi connectivity index (χ3v) is 5.68. The van der Waals surface area contributed by atoms with Gasteiger partial charge in [-0.3, -0.25) is 19.3 Å². The Morgan fingerprint density at radius 2 is 1.76 bits per heavy atom. The quantitative estimate of drug-likeness (QED) is 0.494. The first-order valence-electron chi connectivity index (χ1n) is 8.91. The fourth-order valence-corrected chi connectivity index (χ4v) is 3.95. The summed E-state index contributed by atoms with van der Waals surface area (Å²) in [6.07, 6.45) is 0.483. The maximum Gasteiger partial charge on any atom is 0.338 e. The van der Waals surface area contributed by atoms with E-state index in [0.29, 0.717) is 10.9 Å². The Balaban J connectivity index is 1.49. The van der Waals surface area contributed by atoms with Crippen molar-refractivity contribution >= 4 is 46.6 Å². The number of halogens is 1. The molecular formula is C20H19ClN2O5S. The summed E-state index contributed by atoms with van der Waals surface area (Å²) in [5.74, 6) is -1.33. The van der Waals surface area contributed by atoms with Gasteiger partial charge in [0.05, 0.1) is 23.0 Å². The number of amides is 3. The lowest BCUT2D eigenvalue weighted by Crippen LogP contribution is -2.30. The number of esters is 1. The predicted molar refractivity (Wildman–Crippen MR) is 107 cm³/mol.